The SMILES string of the molecule is O=C(O)CCC(=NO)c1c(F)c(F)c(-c2ccc(Cl)cc2)c(F)c1F. The Morgan fingerprint density at radius 2 is 1.48 bits per heavy atom. The molecule has 0 amide bonds. The smallest absolute Gasteiger partial charge is 0.303 e. The number of carboxylic acid groups (broad SMARTS) is 1. The van der Waals surface area contributed by atoms with Crippen molar-refractivity contribution in [1.82, 2.24) is 0 Å². The van der Waals surface area contributed by atoms with E-state index in [-0.39, 0.29) is 10.6 Å². The number of carboxylic acids is 1. The highest BCUT2D eigenvalue weighted by molar-refractivity contribution is 6.30. The van der Waals surface area contributed by atoms with E-state index in [9.17, 15) is 22.4 Å². The molecule has 0 aliphatic rings. The lowest BCUT2D eigenvalue weighted by Crippen LogP contribution is -2.14. The lowest BCUT2D eigenvalue weighted by Gasteiger charge is -2.13. The average molecular weight is 376 g/mol. The van der Waals surface area contributed by atoms with Crippen molar-refractivity contribution in [3.8, 4) is 11.1 Å². The summed E-state index contributed by atoms with van der Waals surface area (Å²) in [4.78, 5) is 10.5. The summed E-state index contributed by atoms with van der Waals surface area (Å²) in [5.74, 6) is -8.33. The number of rotatable bonds is 5. The van der Waals surface area contributed by atoms with E-state index in [1.807, 2.05) is 0 Å². The summed E-state index contributed by atoms with van der Waals surface area (Å²) in [5.41, 5.74) is -3.18. The van der Waals surface area contributed by atoms with Crippen LogP contribution in [-0.2, 0) is 4.79 Å². The second kappa shape index (κ2) is 7.52. The molecule has 2 N–H and O–H groups in total. The maximum Gasteiger partial charge on any atom is 0.303 e. The number of oxime groups is 1. The highest BCUT2D eigenvalue weighted by Gasteiger charge is 2.29. The summed E-state index contributed by atoms with van der Waals surface area (Å²) >= 11 is 5.66. The van der Waals surface area contributed by atoms with Crippen LogP contribution in [0, 0.1) is 23.3 Å². The molecular formula is C16H10ClF4NO3. The molecule has 0 saturated heterocycles. The Kier molecular flexibility index (Phi) is 5.63. The Hall–Kier alpha value is -2.61. The van der Waals surface area contributed by atoms with Crippen molar-refractivity contribution < 1.29 is 32.7 Å². The van der Waals surface area contributed by atoms with Gasteiger partial charge in [0.05, 0.1) is 23.3 Å². The topological polar surface area (TPSA) is 69.9 Å². The van der Waals surface area contributed by atoms with Crippen molar-refractivity contribution >= 4 is 23.3 Å². The third-order valence-electron chi connectivity index (χ3n) is 3.38. The van der Waals surface area contributed by atoms with Gasteiger partial charge < -0.3 is 10.3 Å². The van der Waals surface area contributed by atoms with E-state index in [2.05, 4.69) is 5.16 Å². The van der Waals surface area contributed by atoms with Crippen LogP contribution in [0.4, 0.5) is 17.6 Å². The van der Waals surface area contributed by atoms with Gasteiger partial charge in [0.15, 0.2) is 23.3 Å². The van der Waals surface area contributed by atoms with Crippen LogP contribution in [0.2, 0.25) is 5.02 Å². The number of hydrogen-bond donors (Lipinski definition) is 2. The van der Waals surface area contributed by atoms with E-state index < -0.39 is 58.9 Å². The number of carbonyl (C=O) groups is 1. The molecule has 2 aromatic carbocycles. The summed E-state index contributed by atoms with van der Waals surface area (Å²) in [6.07, 6.45) is -1.28. The van der Waals surface area contributed by atoms with E-state index in [0.29, 0.717) is 0 Å². The highest BCUT2D eigenvalue weighted by atomic mass is 35.5. The molecule has 9 heteroatoms. The summed E-state index contributed by atoms with van der Waals surface area (Å²) in [6.45, 7) is 0. The molecule has 0 aromatic heterocycles. The van der Waals surface area contributed by atoms with Crippen LogP contribution in [0.5, 0.6) is 0 Å². The zero-order valence-corrected chi connectivity index (χ0v) is 13.1. The third-order valence-corrected chi connectivity index (χ3v) is 3.63. The first kappa shape index (κ1) is 18.7. The second-order valence-corrected chi connectivity index (χ2v) is 5.39. The summed E-state index contributed by atoms with van der Waals surface area (Å²) in [7, 11) is 0. The predicted molar refractivity (Wildman–Crippen MR) is 81.9 cm³/mol. The van der Waals surface area contributed by atoms with E-state index in [0.717, 1.165) is 0 Å². The molecule has 132 valence electrons. The Balaban J connectivity index is 2.63. The number of hydrogen-bond acceptors (Lipinski definition) is 3. The van der Waals surface area contributed by atoms with Gasteiger partial charge in [-0.1, -0.05) is 28.9 Å². The summed E-state index contributed by atoms with van der Waals surface area (Å²) in [6, 6.07) is 4.92. The normalized spacial score (nSPS) is 11.6. The van der Waals surface area contributed by atoms with Gasteiger partial charge in [-0.25, -0.2) is 17.6 Å². The zero-order chi connectivity index (χ0) is 18.7. The molecule has 0 heterocycles. The first-order valence-corrected chi connectivity index (χ1v) is 7.20. The van der Waals surface area contributed by atoms with Crippen LogP contribution in [0.15, 0.2) is 29.4 Å². The molecule has 0 aliphatic carbocycles. The maximum atomic E-state index is 14.3. The monoisotopic (exact) mass is 375 g/mol. The maximum absolute atomic E-state index is 14.3. The predicted octanol–water partition coefficient (Wildman–Crippen LogP) is 4.61. The van der Waals surface area contributed by atoms with Gasteiger partial charge in [-0.2, -0.15) is 0 Å². The fourth-order valence-corrected chi connectivity index (χ4v) is 2.33. The van der Waals surface area contributed by atoms with Crippen LogP contribution in [0.1, 0.15) is 18.4 Å². The van der Waals surface area contributed by atoms with E-state index in [4.69, 9.17) is 21.9 Å². The van der Waals surface area contributed by atoms with Crippen LogP contribution >= 0.6 is 11.6 Å². The van der Waals surface area contributed by atoms with Crippen molar-refractivity contribution in [2.75, 3.05) is 0 Å². The van der Waals surface area contributed by atoms with Gasteiger partial charge in [-0.15, -0.1) is 0 Å². The quantitative estimate of drug-likeness (QED) is 0.264. The standard InChI is InChI=1S/C16H10ClF4NO3/c17-8-3-1-7(2-4-8)11-13(18)15(20)12(16(21)14(11)19)9(22-25)5-6-10(23)24/h1-4,25H,5-6H2,(H,23,24). The largest absolute Gasteiger partial charge is 0.481 e. The van der Waals surface area contributed by atoms with Crippen LogP contribution < -0.4 is 0 Å². The van der Waals surface area contributed by atoms with Crippen molar-refractivity contribution in [2.45, 2.75) is 12.8 Å². The third kappa shape index (κ3) is 3.74. The van der Waals surface area contributed by atoms with Crippen molar-refractivity contribution in [3.63, 3.8) is 0 Å². The molecule has 0 saturated carbocycles. The Bertz CT molecular complexity index is 824. The van der Waals surface area contributed by atoms with Gasteiger partial charge in [0.1, 0.15) is 0 Å². The molecule has 0 atom stereocenters. The second-order valence-electron chi connectivity index (χ2n) is 4.95. The molecule has 2 aromatic rings. The van der Waals surface area contributed by atoms with Gasteiger partial charge in [-0.05, 0) is 17.7 Å². The fourth-order valence-electron chi connectivity index (χ4n) is 2.21. The molecule has 0 unspecified atom stereocenters. The van der Waals surface area contributed by atoms with Crippen molar-refractivity contribution in [3.05, 3.63) is 58.1 Å². The molecule has 2 rings (SSSR count). The lowest BCUT2D eigenvalue weighted by atomic mass is 9.97. The van der Waals surface area contributed by atoms with E-state index in [1.54, 1.807) is 0 Å². The van der Waals surface area contributed by atoms with Gasteiger partial charge in [0, 0.05) is 11.4 Å². The van der Waals surface area contributed by atoms with Crippen molar-refractivity contribution in [2.24, 2.45) is 5.16 Å². The number of aliphatic carboxylic acids is 1. The van der Waals surface area contributed by atoms with Crippen molar-refractivity contribution in [1.29, 1.82) is 0 Å². The average Bonchev–Trinajstić information content (AvgIpc) is 2.57. The fraction of sp³-hybridized carbons (Fsp3) is 0.125. The zero-order valence-electron chi connectivity index (χ0n) is 12.4. The highest BCUT2D eigenvalue weighted by Crippen LogP contribution is 2.33. The van der Waals surface area contributed by atoms with Crippen LogP contribution in [0.25, 0.3) is 11.1 Å². The Morgan fingerprint density at radius 1 is 0.960 bits per heavy atom. The number of benzene rings is 2. The molecule has 25 heavy (non-hydrogen) atoms. The van der Waals surface area contributed by atoms with Gasteiger partial charge >= 0.3 is 5.97 Å². The van der Waals surface area contributed by atoms with Crippen LogP contribution in [0.3, 0.4) is 0 Å². The molecule has 0 fully saturated rings. The Morgan fingerprint density at radius 3 is 1.92 bits per heavy atom. The molecule has 0 radical (unpaired) electrons. The first-order chi connectivity index (χ1) is 11.8. The summed E-state index contributed by atoms with van der Waals surface area (Å²) < 4.78 is 57.2. The number of nitrogens with zero attached hydrogens (tertiary/aromatic N) is 1. The minimum Gasteiger partial charge on any atom is -0.481 e. The van der Waals surface area contributed by atoms with E-state index in [1.165, 1.54) is 24.3 Å². The first-order valence-electron chi connectivity index (χ1n) is 6.82. The van der Waals surface area contributed by atoms with E-state index >= 15 is 0 Å². The van der Waals surface area contributed by atoms with Gasteiger partial charge in [0.25, 0.3) is 0 Å². The van der Waals surface area contributed by atoms with Crippen LogP contribution in [-0.4, -0.2) is 22.0 Å². The summed E-state index contributed by atoms with van der Waals surface area (Å²) in [5, 5.41) is 20.3. The molecule has 0 spiro atoms. The molecular weight excluding hydrogens is 366 g/mol. The Labute approximate surface area is 144 Å². The molecule has 4 nitrogen and oxygen atoms in total. The minimum absolute atomic E-state index is 0.156. The minimum atomic E-state index is -1.79. The molecule has 0 bridgehead atoms. The van der Waals surface area contributed by atoms with Gasteiger partial charge in [-0.3, -0.25) is 4.79 Å². The lowest BCUT2D eigenvalue weighted by molar-refractivity contribution is -0.136. The van der Waals surface area contributed by atoms with Gasteiger partial charge in [0.2, 0.25) is 0 Å². The number of halogens is 5. The molecule has 0 aliphatic heterocycles.